The quantitative estimate of drug-likeness (QED) is 0.875. The molecule has 0 bridgehead atoms. The van der Waals surface area contributed by atoms with Crippen molar-refractivity contribution in [1.82, 2.24) is 4.90 Å². The second kappa shape index (κ2) is 6.24. The molecule has 1 aliphatic heterocycles. The lowest BCUT2D eigenvalue weighted by atomic mass is 9.99. The lowest BCUT2D eigenvalue weighted by Crippen LogP contribution is -2.36. The highest BCUT2D eigenvalue weighted by Gasteiger charge is 2.14. The zero-order chi connectivity index (χ0) is 13.0. The Morgan fingerprint density at radius 3 is 2.67 bits per heavy atom. The summed E-state index contributed by atoms with van der Waals surface area (Å²) in [5.74, 6) is 0.924. The summed E-state index contributed by atoms with van der Waals surface area (Å²) < 4.78 is 0. The van der Waals surface area contributed by atoms with Crippen LogP contribution in [0.25, 0.3) is 0 Å². The molecule has 100 valence electrons. The Balaban J connectivity index is 1.76. The van der Waals surface area contributed by atoms with Crippen molar-refractivity contribution in [3.63, 3.8) is 0 Å². The molecule has 0 aromatic heterocycles. The van der Waals surface area contributed by atoms with Crippen molar-refractivity contribution in [1.29, 1.82) is 0 Å². The van der Waals surface area contributed by atoms with Gasteiger partial charge in [0.2, 0.25) is 0 Å². The molecule has 0 saturated carbocycles. The first-order chi connectivity index (χ1) is 8.65. The van der Waals surface area contributed by atoms with E-state index in [9.17, 15) is 0 Å². The van der Waals surface area contributed by atoms with Crippen molar-refractivity contribution in [3.8, 4) is 0 Å². The van der Waals surface area contributed by atoms with Crippen LogP contribution in [0.2, 0.25) is 0 Å². The molecule has 2 heteroatoms. The van der Waals surface area contributed by atoms with Gasteiger partial charge in [-0.25, -0.2) is 0 Å². The third-order valence-corrected chi connectivity index (χ3v) is 4.01. The summed E-state index contributed by atoms with van der Waals surface area (Å²) in [6.07, 6.45) is 2.73. The minimum absolute atomic E-state index is 0.924. The summed E-state index contributed by atoms with van der Waals surface area (Å²) in [6, 6.07) is 6.61. The molecule has 0 amide bonds. The molecule has 1 fully saturated rings. The fraction of sp³-hybridized carbons (Fsp3) is 0.625. The molecule has 0 unspecified atom stereocenters. The van der Waals surface area contributed by atoms with E-state index in [1.165, 1.54) is 49.3 Å². The van der Waals surface area contributed by atoms with Crippen LogP contribution in [0, 0.1) is 19.8 Å². The first-order valence-corrected chi connectivity index (χ1v) is 7.18. The van der Waals surface area contributed by atoms with Crippen LogP contribution in [-0.2, 0) is 0 Å². The first kappa shape index (κ1) is 13.4. The summed E-state index contributed by atoms with van der Waals surface area (Å²) >= 11 is 0. The van der Waals surface area contributed by atoms with Gasteiger partial charge in [-0.1, -0.05) is 19.1 Å². The number of likely N-dealkylation sites (tertiary alicyclic amines) is 1. The minimum Gasteiger partial charge on any atom is -0.384 e. The van der Waals surface area contributed by atoms with Crippen LogP contribution in [-0.4, -0.2) is 31.1 Å². The van der Waals surface area contributed by atoms with Crippen LogP contribution in [0.15, 0.2) is 18.2 Å². The Kier molecular flexibility index (Phi) is 4.65. The number of piperidine rings is 1. The van der Waals surface area contributed by atoms with E-state index in [4.69, 9.17) is 0 Å². The predicted molar refractivity (Wildman–Crippen MR) is 79.2 cm³/mol. The zero-order valence-electron chi connectivity index (χ0n) is 12.0. The minimum atomic E-state index is 0.924. The number of hydrogen-bond donors (Lipinski definition) is 1. The Hall–Kier alpha value is -1.02. The number of aryl methyl sites for hydroxylation is 2. The van der Waals surface area contributed by atoms with Crippen LogP contribution < -0.4 is 5.32 Å². The molecule has 0 spiro atoms. The van der Waals surface area contributed by atoms with Gasteiger partial charge < -0.3 is 10.2 Å². The molecular weight excluding hydrogens is 220 g/mol. The van der Waals surface area contributed by atoms with E-state index < -0.39 is 0 Å². The van der Waals surface area contributed by atoms with E-state index in [-0.39, 0.29) is 0 Å². The van der Waals surface area contributed by atoms with Crippen LogP contribution in [0.3, 0.4) is 0 Å². The largest absolute Gasteiger partial charge is 0.384 e. The highest BCUT2D eigenvalue weighted by Crippen LogP contribution is 2.17. The normalized spacial score (nSPS) is 17.9. The Morgan fingerprint density at radius 1 is 1.22 bits per heavy atom. The molecule has 0 radical (unpaired) electrons. The van der Waals surface area contributed by atoms with Gasteiger partial charge in [0.15, 0.2) is 0 Å². The number of anilines is 1. The summed E-state index contributed by atoms with van der Waals surface area (Å²) in [7, 11) is 0. The van der Waals surface area contributed by atoms with Crippen LogP contribution in [0.5, 0.6) is 0 Å². The molecule has 2 nitrogen and oxygen atoms in total. The van der Waals surface area contributed by atoms with Crippen molar-refractivity contribution >= 4 is 5.69 Å². The molecule has 1 aromatic rings. The average Bonchev–Trinajstić information content (AvgIpc) is 2.36. The number of rotatable bonds is 4. The van der Waals surface area contributed by atoms with Gasteiger partial charge in [-0.15, -0.1) is 0 Å². The van der Waals surface area contributed by atoms with Crippen LogP contribution >= 0.6 is 0 Å². The van der Waals surface area contributed by atoms with Gasteiger partial charge in [0, 0.05) is 18.8 Å². The maximum Gasteiger partial charge on any atom is 0.0372 e. The highest BCUT2D eigenvalue weighted by molar-refractivity contribution is 5.52. The third-order valence-electron chi connectivity index (χ3n) is 4.01. The standard InChI is InChI=1S/C16H26N2/c1-13-6-9-18(10-7-13)11-8-17-16-12-14(2)4-5-15(16)3/h4-5,12-13,17H,6-11H2,1-3H3. The predicted octanol–water partition coefficient (Wildman–Crippen LogP) is 3.45. The Labute approximate surface area is 111 Å². The van der Waals surface area contributed by atoms with Gasteiger partial charge in [0.05, 0.1) is 0 Å². The molecular formula is C16H26N2. The summed E-state index contributed by atoms with van der Waals surface area (Å²) in [6.45, 7) is 11.5. The maximum absolute atomic E-state index is 3.57. The summed E-state index contributed by atoms with van der Waals surface area (Å²) in [4.78, 5) is 2.58. The van der Waals surface area contributed by atoms with Gasteiger partial charge in [0.25, 0.3) is 0 Å². The van der Waals surface area contributed by atoms with Crippen molar-refractivity contribution in [2.45, 2.75) is 33.6 Å². The smallest absolute Gasteiger partial charge is 0.0372 e. The van der Waals surface area contributed by atoms with Crippen molar-refractivity contribution in [2.75, 3.05) is 31.5 Å². The molecule has 18 heavy (non-hydrogen) atoms. The number of nitrogens with one attached hydrogen (secondary N) is 1. The van der Waals surface area contributed by atoms with E-state index >= 15 is 0 Å². The van der Waals surface area contributed by atoms with Gasteiger partial charge >= 0.3 is 0 Å². The lowest BCUT2D eigenvalue weighted by molar-refractivity contribution is 0.199. The van der Waals surface area contributed by atoms with Gasteiger partial charge in [-0.3, -0.25) is 0 Å². The second-order valence-corrected chi connectivity index (χ2v) is 5.77. The van der Waals surface area contributed by atoms with Gasteiger partial charge in [0.1, 0.15) is 0 Å². The SMILES string of the molecule is Cc1ccc(C)c(NCCN2CCC(C)CC2)c1. The average molecular weight is 246 g/mol. The molecule has 2 rings (SSSR count). The van der Waals surface area contributed by atoms with E-state index in [0.717, 1.165) is 12.5 Å². The van der Waals surface area contributed by atoms with E-state index in [1.807, 2.05) is 0 Å². The topological polar surface area (TPSA) is 15.3 Å². The Morgan fingerprint density at radius 2 is 1.94 bits per heavy atom. The molecule has 1 aromatic carbocycles. The van der Waals surface area contributed by atoms with Crippen molar-refractivity contribution in [2.24, 2.45) is 5.92 Å². The molecule has 1 saturated heterocycles. The number of hydrogen-bond acceptors (Lipinski definition) is 2. The Bertz CT molecular complexity index is 379. The maximum atomic E-state index is 3.57. The van der Waals surface area contributed by atoms with Crippen LogP contribution in [0.1, 0.15) is 30.9 Å². The highest BCUT2D eigenvalue weighted by atomic mass is 15.1. The van der Waals surface area contributed by atoms with Gasteiger partial charge in [-0.2, -0.15) is 0 Å². The second-order valence-electron chi connectivity index (χ2n) is 5.77. The molecule has 1 aliphatic rings. The monoisotopic (exact) mass is 246 g/mol. The van der Waals surface area contributed by atoms with Crippen molar-refractivity contribution < 1.29 is 0 Å². The van der Waals surface area contributed by atoms with Crippen LogP contribution in [0.4, 0.5) is 5.69 Å². The molecule has 0 aliphatic carbocycles. The number of nitrogens with zero attached hydrogens (tertiary/aromatic N) is 1. The third kappa shape index (κ3) is 3.74. The fourth-order valence-electron chi connectivity index (χ4n) is 2.56. The summed E-state index contributed by atoms with van der Waals surface area (Å²) in [5.41, 5.74) is 3.96. The lowest BCUT2D eigenvalue weighted by Gasteiger charge is -2.30. The molecule has 1 heterocycles. The number of benzene rings is 1. The first-order valence-electron chi connectivity index (χ1n) is 7.18. The van der Waals surface area contributed by atoms with E-state index in [0.29, 0.717) is 0 Å². The van der Waals surface area contributed by atoms with Crippen molar-refractivity contribution in [3.05, 3.63) is 29.3 Å². The molecule has 1 N–H and O–H groups in total. The van der Waals surface area contributed by atoms with E-state index in [1.54, 1.807) is 0 Å². The zero-order valence-corrected chi connectivity index (χ0v) is 12.0. The fourth-order valence-corrected chi connectivity index (χ4v) is 2.56. The van der Waals surface area contributed by atoms with E-state index in [2.05, 4.69) is 49.2 Å². The summed E-state index contributed by atoms with van der Waals surface area (Å²) in [5, 5.41) is 3.57. The van der Waals surface area contributed by atoms with Gasteiger partial charge in [-0.05, 0) is 62.9 Å². The molecule has 0 atom stereocenters.